The first-order valence-electron chi connectivity index (χ1n) is 5.68. The number of fused-ring (bicyclic) bond motifs is 2. The smallest absolute Gasteiger partial charge is 0.278 e. The van der Waals surface area contributed by atoms with Crippen molar-refractivity contribution in [2.75, 3.05) is 0 Å². The van der Waals surface area contributed by atoms with E-state index in [1.54, 1.807) is 24.3 Å². The zero-order chi connectivity index (χ0) is 12.3. The second kappa shape index (κ2) is 3.01. The zero-order valence-electron chi connectivity index (χ0n) is 9.31. The lowest BCUT2D eigenvalue weighted by Crippen LogP contribution is -2.20. The summed E-state index contributed by atoms with van der Waals surface area (Å²) in [6.45, 7) is 0. The van der Waals surface area contributed by atoms with Gasteiger partial charge >= 0.3 is 0 Å². The molecular formula is C15H7NO2. The van der Waals surface area contributed by atoms with E-state index in [0.29, 0.717) is 28.0 Å². The van der Waals surface area contributed by atoms with Crippen LogP contribution >= 0.6 is 0 Å². The SMILES string of the molecule is O=C1N=C2c3ccccc3C(=O)c3cccc1c32. The van der Waals surface area contributed by atoms with Crippen LogP contribution in [0.3, 0.4) is 0 Å². The van der Waals surface area contributed by atoms with Crippen LogP contribution in [0.25, 0.3) is 0 Å². The predicted octanol–water partition coefficient (Wildman–Crippen LogP) is 2.22. The highest BCUT2D eigenvalue weighted by molar-refractivity contribution is 6.37. The Kier molecular flexibility index (Phi) is 1.59. The van der Waals surface area contributed by atoms with E-state index in [1.165, 1.54) is 0 Å². The highest BCUT2D eigenvalue weighted by Gasteiger charge is 2.35. The summed E-state index contributed by atoms with van der Waals surface area (Å²) in [5.41, 5.74) is 3.83. The molecule has 18 heavy (non-hydrogen) atoms. The Hall–Kier alpha value is -2.55. The van der Waals surface area contributed by atoms with E-state index in [2.05, 4.69) is 4.99 Å². The van der Waals surface area contributed by atoms with Crippen molar-refractivity contribution in [3.63, 3.8) is 0 Å². The van der Waals surface area contributed by atoms with Crippen LogP contribution in [0.1, 0.15) is 37.4 Å². The van der Waals surface area contributed by atoms with Gasteiger partial charge in [-0.25, -0.2) is 4.99 Å². The lowest BCUT2D eigenvalue weighted by molar-refractivity contribution is 0.101. The number of carbonyl (C=O) groups excluding carboxylic acids is 2. The summed E-state index contributed by atoms with van der Waals surface area (Å²) in [6.07, 6.45) is 0. The van der Waals surface area contributed by atoms with Crippen molar-refractivity contribution < 1.29 is 9.59 Å². The van der Waals surface area contributed by atoms with Crippen molar-refractivity contribution in [1.29, 1.82) is 0 Å². The maximum Gasteiger partial charge on any atom is 0.278 e. The summed E-state index contributed by atoms with van der Waals surface area (Å²) in [7, 11) is 0. The van der Waals surface area contributed by atoms with E-state index in [4.69, 9.17) is 0 Å². The van der Waals surface area contributed by atoms with Gasteiger partial charge in [0, 0.05) is 22.3 Å². The molecule has 0 bridgehead atoms. The van der Waals surface area contributed by atoms with Crippen LogP contribution in [0.4, 0.5) is 0 Å². The molecule has 0 spiro atoms. The maximum absolute atomic E-state index is 12.4. The van der Waals surface area contributed by atoms with Gasteiger partial charge in [0.1, 0.15) is 0 Å². The van der Waals surface area contributed by atoms with Crippen molar-refractivity contribution in [3.05, 3.63) is 70.3 Å². The molecule has 0 saturated heterocycles. The summed E-state index contributed by atoms with van der Waals surface area (Å²) in [5, 5.41) is 0. The zero-order valence-corrected chi connectivity index (χ0v) is 9.31. The van der Waals surface area contributed by atoms with Gasteiger partial charge < -0.3 is 0 Å². The minimum atomic E-state index is -0.258. The van der Waals surface area contributed by atoms with Gasteiger partial charge in [0.15, 0.2) is 5.78 Å². The Morgan fingerprint density at radius 1 is 0.722 bits per heavy atom. The van der Waals surface area contributed by atoms with Crippen molar-refractivity contribution in [3.8, 4) is 0 Å². The fraction of sp³-hybridized carbons (Fsp3) is 0. The number of nitrogens with zero attached hydrogens (tertiary/aromatic N) is 1. The highest BCUT2D eigenvalue weighted by atomic mass is 16.1. The van der Waals surface area contributed by atoms with E-state index in [9.17, 15) is 9.59 Å². The molecule has 0 fully saturated rings. The van der Waals surface area contributed by atoms with Crippen molar-refractivity contribution >= 4 is 17.4 Å². The molecule has 4 rings (SSSR count). The maximum atomic E-state index is 12.4. The molecule has 3 heteroatoms. The standard InChI is InChI=1S/C15H7NO2/c17-14-9-5-2-1-4-8(9)13-12-10(14)6-3-7-11(12)15(18)16-13/h1-7H. The predicted molar refractivity (Wildman–Crippen MR) is 66.3 cm³/mol. The second-order valence-corrected chi connectivity index (χ2v) is 4.37. The number of aliphatic imine (C=N–C) groups is 1. The van der Waals surface area contributed by atoms with Gasteiger partial charge in [-0.15, -0.1) is 0 Å². The van der Waals surface area contributed by atoms with Crippen LogP contribution in [0.2, 0.25) is 0 Å². The first-order chi connectivity index (χ1) is 8.77. The summed E-state index contributed by atoms with van der Waals surface area (Å²) in [5.74, 6) is -0.289. The number of ketones is 1. The Labute approximate surface area is 103 Å². The van der Waals surface area contributed by atoms with Crippen LogP contribution in [0, 0.1) is 0 Å². The molecule has 2 aromatic carbocycles. The quantitative estimate of drug-likeness (QED) is 0.597. The summed E-state index contributed by atoms with van der Waals surface area (Å²) >= 11 is 0. The monoisotopic (exact) mass is 233 g/mol. The van der Waals surface area contributed by atoms with E-state index in [-0.39, 0.29) is 11.7 Å². The normalized spacial score (nSPS) is 15.2. The Morgan fingerprint density at radius 3 is 2.22 bits per heavy atom. The summed E-state index contributed by atoms with van der Waals surface area (Å²) < 4.78 is 0. The Bertz CT molecular complexity index is 772. The molecule has 1 aliphatic carbocycles. The molecule has 0 unspecified atom stereocenters. The lowest BCUT2D eigenvalue weighted by Gasteiger charge is -2.17. The number of hydrogen-bond acceptors (Lipinski definition) is 2. The largest absolute Gasteiger partial charge is 0.289 e. The number of hydrogen-bond donors (Lipinski definition) is 0. The molecule has 2 aromatic rings. The molecule has 0 N–H and O–H groups in total. The van der Waals surface area contributed by atoms with Gasteiger partial charge in [0.25, 0.3) is 5.91 Å². The van der Waals surface area contributed by atoms with E-state index in [0.717, 1.165) is 5.56 Å². The Morgan fingerprint density at radius 2 is 1.39 bits per heavy atom. The molecule has 1 heterocycles. The summed E-state index contributed by atoms with van der Waals surface area (Å²) in [6, 6.07) is 12.5. The van der Waals surface area contributed by atoms with Gasteiger partial charge in [0.2, 0.25) is 0 Å². The molecule has 3 nitrogen and oxygen atoms in total. The molecule has 1 amide bonds. The van der Waals surface area contributed by atoms with E-state index < -0.39 is 0 Å². The molecule has 2 aliphatic rings. The van der Waals surface area contributed by atoms with Crippen LogP contribution in [0.15, 0.2) is 47.5 Å². The van der Waals surface area contributed by atoms with Gasteiger partial charge in [-0.05, 0) is 6.07 Å². The molecule has 0 radical (unpaired) electrons. The van der Waals surface area contributed by atoms with Crippen LogP contribution in [-0.4, -0.2) is 17.4 Å². The lowest BCUT2D eigenvalue weighted by atomic mass is 9.83. The van der Waals surface area contributed by atoms with Crippen molar-refractivity contribution in [2.45, 2.75) is 0 Å². The minimum Gasteiger partial charge on any atom is -0.289 e. The third-order valence-electron chi connectivity index (χ3n) is 3.42. The van der Waals surface area contributed by atoms with E-state index >= 15 is 0 Å². The fourth-order valence-electron chi connectivity index (χ4n) is 2.62. The van der Waals surface area contributed by atoms with Crippen molar-refractivity contribution in [1.82, 2.24) is 0 Å². The highest BCUT2D eigenvalue weighted by Crippen LogP contribution is 2.33. The van der Waals surface area contributed by atoms with Crippen LogP contribution in [-0.2, 0) is 0 Å². The number of amides is 1. The first-order valence-corrected chi connectivity index (χ1v) is 5.68. The topological polar surface area (TPSA) is 46.5 Å². The number of benzene rings is 2. The van der Waals surface area contributed by atoms with Gasteiger partial charge in [-0.1, -0.05) is 36.4 Å². The second-order valence-electron chi connectivity index (χ2n) is 4.37. The molecule has 0 atom stereocenters. The van der Waals surface area contributed by atoms with Crippen LogP contribution in [0.5, 0.6) is 0 Å². The first kappa shape index (κ1) is 9.48. The van der Waals surface area contributed by atoms with Gasteiger partial charge in [-0.3, -0.25) is 9.59 Å². The molecular weight excluding hydrogens is 226 g/mol. The molecule has 84 valence electrons. The van der Waals surface area contributed by atoms with E-state index in [1.807, 2.05) is 18.2 Å². The third kappa shape index (κ3) is 0.966. The number of carbonyl (C=O) groups is 2. The minimum absolute atomic E-state index is 0.0314. The van der Waals surface area contributed by atoms with Gasteiger partial charge in [-0.2, -0.15) is 0 Å². The van der Waals surface area contributed by atoms with Crippen LogP contribution < -0.4 is 0 Å². The molecule has 0 aromatic heterocycles. The number of rotatable bonds is 0. The average molecular weight is 233 g/mol. The molecule has 0 saturated carbocycles. The Balaban J connectivity index is 2.18. The average Bonchev–Trinajstić information content (AvgIpc) is 2.75. The fourth-order valence-corrected chi connectivity index (χ4v) is 2.62. The van der Waals surface area contributed by atoms with Crippen molar-refractivity contribution in [2.24, 2.45) is 4.99 Å². The van der Waals surface area contributed by atoms with Gasteiger partial charge in [0.05, 0.1) is 11.3 Å². The third-order valence-corrected chi connectivity index (χ3v) is 3.42. The summed E-state index contributed by atoms with van der Waals surface area (Å²) in [4.78, 5) is 28.3. The molecule has 1 aliphatic heterocycles.